The largest absolute Gasteiger partial charge is 0.573 e. The SMILES string of the molecule is COc1cc([N+](=O)[O-])nc(CN)c1OC(F)(F)F. The van der Waals surface area contributed by atoms with Crippen LogP contribution >= 0.6 is 0 Å². The van der Waals surface area contributed by atoms with Crippen LogP contribution in [0.4, 0.5) is 19.0 Å². The first-order valence-corrected chi connectivity index (χ1v) is 4.46. The molecular formula is C8H8F3N3O4. The minimum atomic E-state index is -4.98. The van der Waals surface area contributed by atoms with Gasteiger partial charge in [-0.05, 0) is 9.91 Å². The molecule has 1 rings (SSSR count). The van der Waals surface area contributed by atoms with Crippen molar-refractivity contribution in [3.05, 3.63) is 21.9 Å². The molecule has 100 valence electrons. The first-order chi connectivity index (χ1) is 8.28. The highest BCUT2D eigenvalue weighted by Gasteiger charge is 2.36. The molecule has 18 heavy (non-hydrogen) atoms. The molecule has 0 aliphatic carbocycles. The fraction of sp³-hybridized carbons (Fsp3) is 0.375. The van der Waals surface area contributed by atoms with Crippen molar-refractivity contribution in [2.24, 2.45) is 5.73 Å². The van der Waals surface area contributed by atoms with Crippen LogP contribution in [0.2, 0.25) is 0 Å². The number of nitrogens with zero attached hydrogens (tertiary/aromatic N) is 2. The molecule has 1 heterocycles. The molecule has 1 aromatic rings. The lowest BCUT2D eigenvalue weighted by Gasteiger charge is -2.13. The molecule has 0 aliphatic heterocycles. The van der Waals surface area contributed by atoms with Crippen LogP contribution in [0.1, 0.15) is 5.69 Å². The Bertz CT molecular complexity index is 438. The summed E-state index contributed by atoms with van der Waals surface area (Å²) in [6.45, 7) is -0.469. The van der Waals surface area contributed by atoms with E-state index < -0.39 is 40.8 Å². The average molecular weight is 267 g/mol. The fourth-order valence-corrected chi connectivity index (χ4v) is 1.15. The second-order valence-electron chi connectivity index (χ2n) is 2.97. The summed E-state index contributed by atoms with van der Waals surface area (Å²) in [4.78, 5) is 13.0. The van der Waals surface area contributed by atoms with E-state index in [-0.39, 0.29) is 0 Å². The van der Waals surface area contributed by atoms with Gasteiger partial charge in [0.05, 0.1) is 19.7 Å². The van der Waals surface area contributed by atoms with Gasteiger partial charge in [-0.3, -0.25) is 0 Å². The number of pyridine rings is 1. The Morgan fingerprint density at radius 1 is 1.56 bits per heavy atom. The summed E-state index contributed by atoms with van der Waals surface area (Å²) in [6.07, 6.45) is -4.98. The first kappa shape index (κ1) is 14.0. The van der Waals surface area contributed by atoms with E-state index in [1.54, 1.807) is 0 Å². The standard InChI is InChI=1S/C8H8F3N3O4/c1-17-5-2-6(14(15)16)13-4(3-12)7(5)18-8(9,10)11/h2H,3,12H2,1H3. The molecule has 1 aromatic heterocycles. The number of rotatable bonds is 4. The number of nitrogens with two attached hydrogens (primary N) is 1. The number of aromatic nitrogens is 1. The van der Waals surface area contributed by atoms with Gasteiger partial charge < -0.3 is 25.3 Å². The quantitative estimate of drug-likeness (QED) is 0.652. The molecular weight excluding hydrogens is 259 g/mol. The normalized spacial score (nSPS) is 11.2. The highest BCUT2D eigenvalue weighted by molar-refractivity contribution is 5.48. The van der Waals surface area contributed by atoms with E-state index in [2.05, 4.69) is 14.5 Å². The average Bonchev–Trinajstić information content (AvgIpc) is 2.26. The first-order valence-electron chi connectivity index (χ1n) is 4.46. The van der Waals surface area contributed by atoms with Gasteiger partial charge in [0, 0.05) is 0 Å². The fourth-order valence-electron chi connectivity index (χ4n) is 1.15. The Labute approximate surface area is 98.5 Å². The Hall–Kier alpha value is -2.10. The number of ether oxygens (including phenoxy) is 2. The lowest BCUT2D eigenvalue weighted by Crippen LogP contribution is -2.20. The molecule has 0 fully saturated rings. The number of hydrogen-bond acceptors (Lipinski definition) is 6. The van der Waals surface area contributed by atoms with Gasteiger partial charge in [0.2, 0.25) is 11.4 Å². The smallest absolute Gasteiger partial charge is 0.492 e. The van der Waals surface area contributed by atoms with Crippen LogP contribution in [0, 0.1) is 10.1 Å². The Morgan fingerprint density at radius 3 is 2.56 bits per heavy atom. The topological polar surface area (TPSA) is 101 Å². The summed E-state index contributed by atoms with van der Waals surface area (Å²) in [7, 11) is 1.04. The third kappa shape index (κ3) is 3.20. The summed E-state index contributed by atoms with van der Waals surface area (Å²) in [5.74, 6) is -1.92. The Morgan fingerprint density at radius 2 is 2.17 bits per heavy atom. The van der Waals surface area contributed by atoms with E-state index in [9.17, 15) is 23.3 Å². The molecule has 0 aliphatic rings. The number of hydrogen-bond donors (Lipinski definition) is 1. The van der Waals surface area contributed by atoms with Crippen molar-refractivity contribution in [2.75, 3.05) is 7.11 Å². The molecule has 10 heteroatoms. The van der Waals surface area contributed by atoms with Crippen molar-refractivity contribution < 1.29 is 27.6 Å². The van der Waals surface area contributed by atoms with E-state index in [4.69, 9.17) is 5.73 Å². The maximum absolute atomic E-state index is 12.2. The molecule has 0 spiro atoms. The van der Waals surface area contributed by atoms with E-state index in [0.717, 1.165) is 13.2 Å². The minimum Gasteiger partial charge on any atom is -0.492 e. The van der Waals surface area contributed by atoms with Crippen LogP contribution < -0.4 is 15.2 Å². The second kappa shape index (κ2) is 5.04. The highest BCUT2D eigenvalue weighted by atomic mass is 19.4. The van der Waals surface area contributed by atoms with Gasteiger partial charge in [0.15, 0.2) is 5.75 Å². The number of nitro groups is 1. The van der Waals surface area contributed by atoms with Crippen molar-refractivity contribution in [3.8, 4) is 11.5 Å². The van der Waals surface area contributed by atoms with Gasteiger partial charge in [0.25, 0.3) is 0 Å². The lowest BCUT2D eigenvalue weighted by atomic mass is 10.3. The van der Waals surface area contributed by atoms with Crippen molar-refractivity contribution in [3.63, 3.8) is 0 Å². The molecule has 0 aromatic carbocycles. The predicted molar refractivity (Wildman–Crippen MR) is 52.0 cm³/mol. The summed E-state index contributed by atoms with van der Waals surface area (Å²) in [6, 6.07) is 0.722. The van der Waals surface area contributed by atoms with Gasteiger partial charge in [-0.2, -0.15) is 0 Å². The van der Waals surface area contributed by atoms with E-state index in [1.165, 1.54) is 0 Å². The van der Waals surface area contributed by atoms with Crippen molar-refractivity contribution in [1.82, 2.24) is 4.98 Å². The molecule has 0 unspecified atom stereocenters. The van der Waals surface area contributed by atoms with Crippen LogP contribution in [0.3, 0.4) is 0 Å². The van der Waals surface area contributed by atoms with Gasteiger partial charge in [0.1, 0.15) is 0 Å². The maximum atomic E-state index is 12.2. The van der Waals surface area contributed by atoms with Gasteiger partial charge in [-0.15, -0.1) is 13.2 Å². The van der Waals surface area contributed by atoms with Gasteiger partial charge in [-0.25, -0.2) is 0 Å². The zero-order valence-electron chi connectivity index (χ0n) is 9.02. The Balaban J connectivity index is 3.34. The maximum Gasteiger partial charge on any atom is 0.573 e. The van der Waals surface area contributed by atoms with Crippen LogP contribution in [-0.2, 0) is 6.54 Å². The third-order valence-corrected chi connectivity index (χ3v) is 1.81. The molecule has 0 atom stereocenters. The van der Waals surface area contributed by atoms with E-state index in [0.29, 0.717) is 0 Å². The van der Waals surface area contributed by atoms with Crippen molar-refractivity contribution >= 4 is 5.82 Å². The summed E-state index contributed by atoms with van der Waals surface area (Å²) in [5, 5.41) is 10.5. The number of methoxy groups -OCH3 is 1. The molecule has 0 bridgehead atoms. The summed E-state index contributed by atoms with van der Waals surface area (Å²) < 4.78 is 44.7. The Kier molecular flexibility index (Phi) is 3.91. The zero-order valence-corrected chi connectivity index (χ0v) is 9.02. The lowest BCUT2D eigenvalue weighted by molar-refractivity contribution is -0.389. The van der Waals surface area contributed by atoms with Crippen LogP contribution in [-0.4, -0.2) is 23.4 Å². The summed E-state index contributed by atoms with van der Waals surface area (Å²) >= 11 is 0. The van der Waals surface area contributed by atoms with E-state index in [1.807, 2.05) is 0 Å². The molecule has 0 saturated carbocycles. The van der Waals surface area contributed by atoms with Crippen LogP contribution in [0.25, 0.3) is 0 Å². The summed E-state index contributed by atoms with van der Waals surface area (Å²) in [5.41, 5.74) is 4.76. The van der Waals surface area contributed by atoms with Crippen molar-refractivity contribution in [1.29, 1.82) is 0 Å². The van der Waals surface area contributed by atoms with Crippen LogP contribution in [0.15, 0.2) is 6.07 Å². The van der Waals surface area contributed by atoms with E-state index >= 15 is 0 Å². The molecule has 2 N–H and O–H groups in total. The second-order valence-corrected chi connectivity index (χ2v) is 2.97. The van der Waals surface area contributed by atoms with Crippen LogP contribution in [0.5, 0.6) is 11.5 Å². The van der Waals surface area contributed by atoms with Crippen molar-refractivity contribution in [2.45, 2.75) is 12.9 Å². The minimum absolute atomic E-state index is 0.418. The zero-order chi connectivity index (χ0) is 13.9. The molecule has 0 radical (unpaired) electrons. The number of halogens is 3. The van der Waals surface area contributed by atoms with Gasteiger partial charge in [-0.1, -0.05) is 0 Å². The number of alkyl halides is 3. The predicted octanol–water partition coefficient (Wildman–Crippen LogP) is 1.36. The molecule has 7 nitrogen and oxygen atoms in total. The molecule has 0 amide bonds. The van der Waals surface area contributed by atoms with Gasteiger partial charge >= 0.3 is 12.2 Å². The molecule has 0 saturated heterocycles. The monoisotopic (exact) mass is 267 g/mol. The highest BCUT2D eigenvalue weighted by Crippen LogP contribution is 2.36. The third-order valence-electron chi connectivity index (χ3n) is 1.81.